The highest BCUT2D eigenvalue weighted by Gasteiger charge is 2.19. The van der Waals surface area contributed by atoms with E-state index < -0.39 is 0 Å². The highest BCUT2D eigenvalue weighted by atomic mass is 16.5. The van der Waals surface area contributed by atoms with Crippen molar-refractivity contribution < 1.29 is 9.32 Å². The minimum atomic E-state index is -0.257. The van der Waals surface area contributed by atoms with Gasteiger partial charge in [-0.3, -0.25) is 4.79 Å². The van der Waals surface area contributed by atoms with E-state index in [4.69, 9.17) is 10.1 Å². The second-order valence-corrected chi connectivity index (χ2v) is 3.32. The fraction of sp³-hybridized carbons (Fsp3) is 0.0909. The standard InChI is InChI=1S/C11H8N4O2/c1-7(16)9-10(8-5-3-2-4-6-8)14-17-11(9)13-15-12/h2-6H,1H3. The largest absolute Gasteiger partial charge is 0.353 e. The predicted octanol–water partition coefficient (Wildman–Crippen LogP) is 3.49. The second-order valence-electron chi connectivity index (χ2n) is 3.32. The average molecular weight is 228 g/mol. The SMILES string of the molecule is CC(=O)c1c(-c2ccccc2)noc1N=[N+]=[N-]. The molecule has 0 radical (unpaired) electrons. The third-order valence-corrected chi connectivity index (χ3v) is 2.21. The van der Waals surface area contributed by atoms with E-state index in [9.17, 15) is 4.79 Å². The zero-order valence-corrected chi connectivity index (χ0v) is 8.99. The van der Waals surface area contributed by atoms with Crippen molar-refractivity contribution in [3.63, 3.8) is 0 Å². The van der Waals surface area contributed by atoms with Crippen LogP contribution in [0, 0.1) is 0 Å². The Balaban J connectivity index is 2.63. The van der Waals surface area contributed by atoms with Gasteiger partial charge in [-0.05, 0) is 17.6 Å². The van der Waals surface area contributed by atoms with Gasteiger partial charge in [0.1, 0.15) is 5.69 Å². The van der Waals surface area contributed by atoms with Crippen molar-refractivity contribution in [3.05, 3.63) is 46.3 Å². The van der Waals surface area contributed by atoms with Crippen molar-refractivity contribution in [2.24, 2.45) is 5.11 Å². The number of hydrogen-bond donors (Lipinski definition) is 0. The van der Waals surface area contributed by atoms with Crippen molar-refractivity contribution >= 4 is 11.7 Å². The average Bonchev–Trinajstić information content (AvgIpc) is 2.74. The molecule has 17 heavy (non-hydrogen) atoms. The molecule has 0 unspecified atom stereocenters. The van der Waals surface area contributed by atoms with Crippen LogP contribution in [0.15, 0.2) is 40.0 Å². The predicted molar refractivity (Wildman–Crippen MR) is 60.7 cm³/mol. The number of carbonyl (C=O) groups is 1. The third-order valence-electron chi connectivity index (χ3n) is 2.21. The number of benzene rings is 1. The van der Waals surface area contributed by atoms with E-state index in [0.717, 1.165) is 5.56 Å². The van der Waals surface area contributed by atoms with E-state index in [1.807, 2.05) is 18.2 Å². The van der Waals surface area contributed by atoms with Gasteiger partial charge < -0.3 is 4.52 Å². The Morgan fingerprint density at radius 3 is 2.71 bits per heavy atom. The van der Waals surface area contributed by atoms with Gasteiger partial charge in [-0.15, -0.1) is 0 Å². The first kappa shape index (κ1) is 10.9. The lowest BCUT2D eigenvalue weighted by Gasteiger charge is -1.97. The number of hydrogen-bond acceptors (Lipinski definition) is 4. The molecule has 0 spiro atoms. The van der Waals surface area contributed by atoms with Gasteiger partial charge in [0, 0.05) is 10.5 Å². The van der Waals surface area contributed by atoms with Gasteiger partial charge in [0.05, 0.1) is 5.56 Å². The van der Waals surface area contributed by atoms with Crippen molar-refractivity contribution in [1.29, 1.82) is 0 Å². The summed E-state index contributed by atoms with van der Waals surface area (Å²) in [7, 11) is 0. The quantitative estimate of drug-likeness (QED) is 0.348. The van der Waals surface area contributed by atoms with Crippen LogP contribution in [0.5, 0.6) is 0 Å². The number of Topliss-reactive ketones (excluding diaryl/α,β-unsaturated/α-hetero) is 1. The lowest BCUT2D eigenvalue weighted by atomic mass is 10.1. The summed E-state index contributed by atoms with van der Waals surface area (Å²) in [6.07, 6.45) is 0. The molecule has 1 aromatic heterocycles. The Morgan fingerprint density at radius 2 is 2.12 bits per heavy atom. The van der Waals surface area contributed by atoms with Crippen LogP contribution >= 0.6 is 0 Å². The summed E-state index contributed by atoms with van der Waals surface area (Å²) >= 11 is 0. The van der Waals surface area contributed by atoms with Crippen molar-refractivity contribution in [2.75, 3.05) is 0 Å². The smallest absolute Gasteiger partial charge is 0.234 e. The minimum Gasteiger partial charge on any atom is -0.353 e. The van der Waals surface area contributed by atoms with Gasteiger partial charge in [-0.25, -0.2) is 0 Å². The van der Waals surface area contributed by atoms with Crippen LogP contribution in [0.1, 0.15) is 17.3 Å². The highest BCUT2D eigenvalue weighted by Crippen LogP contribution is 2.30. The van der Waals surface area contributed by atoms with Gasteiger partial charge >= 0.3 is 0 Å². The van der Waals surface area contributed by atoms with E-state index in [1.165, 1.54) is 6.92 Å². The highest BCUT2D eigenvalue weighted by molar-refractivity contribution is 6.03. The van der Waals surface area contributed by atoms with Gasteiger partial charge in [0.15, 0.2) is 5.78 Å². The molecular formula is C11H8N4O2. The molecule has 84 valence electrons. The third kappa shape index (κ3) is 2.02. The Kier molecular flexibility index (Phi) is 2.89. The number of rotatable bonds is 3. The summed E-state index contributed by atoms with van der Waals surface area (Å²) in [5.41, 5.74) is 9.69. The van der Waals surface area contributed by atoms with Crippen LogP contribution in [-0.2, 0) is 0 Å². The molecule has 0 saturated carbocycles. The van der Waals surface area contributed by atoms with Crippen LogP contribution < -0.4 is 0 Å². The molecule has 1 aromatic carbocycles. The van der Waals surface area contributed by atoms with Gasteiger partial charge in [0.2, 0.25) is 5.88 Å². The molecule has 0 aliphatic heterocycles. The van der Waals surface area contributed by atoms with Gasteiger partial charge in [0.25, 0.3) is 0 Å². The fourth-order valence-corrected chi connectivity index (χ4v) is 1.50. The monoisotopic (exact) mass is 228 g/mol. The summed E-state index contributed by atoms with van der Waals surface area (Å²) in [5, 5.41) is 7.07. The zero-order valence-electron chi connectivity index (χ0n) is 8.99. The van der Waals surface area contributed by atoms with Crippen molar-refractivity contribution in [3.8, 4) is 11.3 Å². The molecule has 6 nitrogen and oxygen atoms in total. The van der Waals surface area contributed by atoms with Crippen LogP contribution in [-0.4, -0.2) is 10.9 Å². The topological polar surface area (TPSA) is 91.9 Å². The fourth-order valence-electron chi connectivity index (χ4n) is 1.50. The van der Waals surface area contributed by atoms with E-state index in [-0.39, 0.29) is 17.2 Å². The summed E-state index contributed by atoms with van der Waals surface area (Å²) in [6, 6.07) is 9.09. The second kappa shape index (κ2) is 4.51. The first-order chi connectivity index (χ1) is 8.24. The number of azide groups is 1. The lowest BCUT2D eigenvalue weighted by molar-refractivity contribution is 0.101. The maximum Gasteiger partial charge on any atom is 0.234 e. The molecule has 0 aliphatic rings. The van der Waals surface area contributed by atoms with Crippen molar-refractivity contribution in [1.82, 2.24) is 5.16 Å². The normalized spacial score (nSPS) is 9.71. The zero-order chi connectivity index (χ0) is 12.3. The Morgan fingerprint density at radius 1 is 1.41 bits per heavy atom. The molecule has 0 bridgehead atoms. The molecule has 0 saturated heterocycles. The number of nitrogens with zero attached hydrogens (tertiary/aromatic N) is 4. The number of carbonyl (C=O) groups excluding carboxylic acids is 1. The molecule has 0 fully saturated rings. The first-order valence-corrected chi connectivity index (χ1v) is 4.85. The molecular weight excluding hydrogens is 220 g/mol. The molecule has 0 N–H and O–H groups in total. The van der Waals surface area contributed by atoms with E-state index in [2.05, 4.69) is 15.2 Å². The molecule has 1 heterocycles. The number of aromatic nitrogens is 1. The molecule has 0 atom stereocenters. The minimum absolute atomic E-state index is 0.0983. The Hall–Kier alpha value is -2.59. The van der Waals surface area contributed by atoms with Crippen LogP contribution in [0.4, 0.5) is 5.88 Å². The molecule has 0 aliphatic carbocycles. The Bertz CT molecular complexity index is 597. The first-order valence-electron chi connectivity index (χ1n) is 4.85. The van der Waals surface area contributed by atoms with Crippen molar-refractivity contribution in [2.45, 2.75) is 6.92 Å². The summed E-state index contributed by atoms with van der Waals surface area (Å²) in [6.45, 7) is 1.37. The van der Waals surface area contributed by atoms with Gasteiger partial charge in [-0.1, -0.05) is 35.5 Å². The maximum atomic E-state index is 11.5. The summed E-state index contributed by atoms with van der Waals surface area (Å²) in [5.74, 6) is -0.355. The molecule has 6 heteroatoms. The molecule has 0 amide bonds. The lowest BCUT2D eigenvalue weighted by Crippen LogP contribution is -1.93. The van der Waals surface area contributed by atoms with E-state index in [1.54, 1.807) is 12.1 Å². The van der Waals surface area contributed by atoms with Gasteiger partial charge in [-0.2, -0.15) is 0 Å². The maximum absolute atomic E-state index is 11.5. The molecule has 2 aromatic rings. The molecule has 2 rings (SSSR count). The Labute approximate surface area is 96.5 Å². The van der Waals surface area contributed by atoms with Crippen LogP contribution in [0.2, 0.25) is 0 Å². The van der Waals surface area contributed by atoms with E-state index in [0.29, 0.717) is 5.69 Å². The van der Waals surface area contributed by atoms with Crippen LogP contribution in [0.3, 0.4) is 0 Å². The van der Waals surface area contributed by atoms with E-state index >= 15 is 0 Å². The number of ketones is 1. The summed E-state index contributed by atoms with van der Waals surface area (Å²) in [4.78, 5) is 14.1. The van der Waals surface area contributed by atoms with Crippen LogP contribution in [0.25, 0.3) is 21.7 Å². The summed E-state index contributed by atoms with van der Waals surface area (Å²) < 4.78 is 4.86.